The summed E-state index contributed by atoms with van der Waals surface area (Å²) < 4.78 is 0. The Balaban J connectivity index is 1.95. The highest BCUT2D eigenvalue weighted by Crippen LogP contribution is 2.20. The normalized spacial score (nSPS) is 10.4. The van der Waals surface area contributed by atoms with Crippen LogP contribution in [-0.2, 0) is 13.0 Å². The zero-order valence-electron chi connectivity index (χ0n) is 9.68. The predicted molar refractivity (Wildman–Crippen MR) is 69.3 cm³/mol. The molecular weight excluding hydrogens is 234 g/mol. The highest BCUT2D eigenvalue weighted by molar-refractivity contribution is 7.15. The molecular formula is C12H15N3OS. The molecule has 17 heavy (non-hydrogen) atoms. The molecule has 0 amide bonds. The van der Waals surface area contributed by atoms with Crippen LogP contribution in [0.15, 0.2) is 24.3 Å². The summed E-state index contributed by atoms with van der Waals surface area (Å²) in [6, 6.07) is 7.28. The first-order chi connectivity index (χ1) is 8.29. The van der Waals surface area contributed by atoms with Crippen molar-refractivity contribution in [2.75, 3.05) is 5.32 Å². The van der Waals surface area contributed by atoms with Gasteiger partial charge in [0.1, 0.15) is 10.8 Å². The van der Waals surface area contributed by atoms with E-state index in [1.807, 2.05) is 18.2 Å². The van der Waals surface area contributed by atoms with Crippen molar-refractivity contribution in [2.24, 2.45) is 0 Å². The molecule has 0 fully saturated rings. The molecule has 1 aromatic carbocycles. The summed E-state index contributed by atoms with van der Waals surface area (Å²) in [5.74, 6) is 0.304. The molecule has 0 aliphatic heterocycles. The number of anilines is 1. The smallest absolute Gasteiger partial charge is 0.205 e. The van der Waals surface area contributed by atoms with Crippen molar-refractivity contribution in [3.63, 3.8) is 0 Å². The number of aromatic nitrogens is 2. The van der Waals surface area contributed by atoms with Crippen molar-refractivity contribution >= 4 is 16.5 Å². The van der Waals surface area contributed by atoms with Crippen LogP contribution in [0.3, 0.4) is 0 Å². The van der Waals surface area contributed by atoms with E-state index in [-0.39, 0.29) is 0 Å². The molecule has 5 heteroatoms. The third-order valence-corrected chi connectivity index (χ3v) is 3.29. The van der Waals surface area contributed by atoms with Gasteiger partial charge in [0.25, 0.3) is 0 Å². The average Bonchev–Trinajstić information content (AvgIpc) is 2.76. The van der Waals surface area contributed by atoms with E-state index in [0.29, 0.717) is 12.3 Å². The molecule has 0 saturated carbocycles. The largest absolute Gasteiger partial charge is 0.508 e. The summed E-state index contributed by atoms with van der Waals surface area (Å²) >= 11 is 1.57. The van der Waals surface area contributed by atoms with E-state index >= 15 is 0 Å². The second-order valence-electron chi connectivity index (χ2n) is 3.73. The Morgan fingerprint density at radius 2 is 2.12 bits per heavy atom. The Labute approximate surface area is 104 Å². The van der Waals surface area contributed by atoms with E-state index in [4.69, 9.17) is 0 Å². The van der Waals surface area contributed by atoms with Crippen LogP contribution in [0.4, 0.5) is 5.13 Å². The first-order valence-electron chi connectivity index (χ1n) is 5.62. The van der Waals surface area contributed by atoms with Gasteiger partial charge < -0.3 is 10.4 Å². The molecule has 1 heterocycles. The zero-order chi connectivity index (χ0) is 12.1. The fraction of sp³-hybridized carbons (Fsp3) is 0.333. The monoisotopic (exact) mass is 249 g/mol. The molecule has 2 N–H and O–H groups in total. The number of aromatic hydroxyl groups is 1. The third kappa shape index (κ3) is 3.17. The van der Waals surface area contributed by atoms with Crippen LogP contribution in [0, 0.1) is 0 Å². The van der Waals surface area contributed by atoms with E-state index in [0.717, 1.165) is 28.5 Å². The van der Waals surface area contributed by atoms with E-state index < -0.39 is 0 Å². The second-order valence-corrected chi connectivity index (χ2v) is 4.80. The SMILES string of the molecule is CCCc1nnc(NCc2ccccc2O)s1. The number of aryl methyl sites for hydroxylation is 1. The van der Waals surface area contributed by atoms with Crippen molar-refractivity contribution in [3.8, 4) is 5.75 Å². The van der Waals surface area contributed by atoms with E-state index in [2.05, 4.69) is 22.4 Å². The zero-order valence-corrected chi connectivity index (χ0v) is 10.5. The summed E-state index contributed by atoms with van der Waals surface area (Å²) in [7, 11) is 0. The Hall–Kier alpha value is -1.62. The van der Waals surface area contributed by atoms with Crippen molar-refractivity contribution in [3.05, 3.63) is 34.8 Å². The number of benzene rings is 1. The summed E-state index contributed by atoms with van der Waals surface area (Å²) in [6.45, 7) is 2.68. The molecule has 1 aromatic heterocycles. The molecule has 0 saturated heterocycles. The summed E-state index contributed by atoms with van der Waals surface area (Å²) in [5, 5.41) is 22.8. The lowest BCUT2D eigenvalue weighted by molar-refractivity contribution is 0.469. The molecule has 0 atom stereocenters. The van der Waals surface area contributed by atoms with E-state index in [9.17, 15) is 5.11 Å². The number of rotatable bonds is 5. The fourth-order valence-electron chi connectivity index (χ4n) is 1.47. The minimum Gasteiger partial charge on any atom is -0.508 e. The highest BCUT2D eigenvalue weighted by Gasteiger charge is 2.04. The molecule has 90 valence electrons. The molecule has 0 aliphatic carbocycles. The summed E-state index contributed by atoms with van der Waals surface area (Å²) in [6.07, 6.45) is 2.05. The van der Waals surface area contributed by atoms with Crippen LogP contribution in [-0.4, -0.2) is 15.3 Å². The van der Waals surface area contributed by atoms with Gasteiger partial charge in [-0.2, -0.15) is 0 Å². The third-order valence-electron chi connectivity index (χ3n) is 2.35. The number of hydrogen-bond acceptors (Lipinski definition) is 5. The number of para-hydroxylation sites is 1. The average molecular weight is 249 g/mol. The van der Waals surface area contributed by atoms with E-state index in [1.54, 1.807) is 17.4 Å². The van der Waals surface area contributed by atoms with Gasteiger partial charge in [-0.1, -0.05) is 36.5 Å². The standard InChI is InChI=1S/C12H15N3OS/c1-2-5-11-14-15-12(17-11)13-8-9-6-3-4-7-10(9)16/h3-4,6-7,16H,2,5,8H2,1H3,(H,13,15). The second kappa shape index (κ2) is 5.63. The van der Waals surface area contributed by atoms with Crippen molar-refractivity contribution in [1.29, 1.82) is 0 Å². The van der Waals surface area contributed by atoms with Gasteiger partial charge in [-0.3, -0.25) is 0 Å². The van der Waals surface area contributed by atoms with Crippen LogP contribution < -0.4 is 5.32 Å². The molecule has 4 nitrogen and oxygen atoms in total. The number of hydrogen-bond donors (Lipinski definition) is 2. The van der Waals surface area contributed by atoms with Gasteiger partial charge in [-0.25, -0.2) is 0 Å². The van der Waals surface area contributed by atoms with Gasteiger partial charge in [-0.15, -0.1) is 10.2 Å². The molecule has 0 spiro atoms. The van der Waals surface area contributed by atoms with Gasteiger partial charge >= 0.3 is 0 Å². The minimum atomic E-state index is 0.304. The van der Waals surface area contributed by atoms with Crippen LogP contribution >= 0.6 is 11.3 Å². The Bertz CT molecular complexity index is 484. The number of nitrogens with zero attached hydrogens (tertiary/aromatic N) is 2. The van der Waals surface area contributed by atoms with E-state index in [1.165, 1.54) is 0 Å². The molecule has 0 bridgehead atoms. The molecule has 0 unspecified atom stereocenters. The number of nitrogens with one attached hydrogen (secondary N) is 1. The Morgan fingerprint density at radius 1 is 1.29 bits per heavy atom. The van der Waals surface area contributed by atoms with Gasteiger partial charge in [0.15, 0.2) is 0 Å². The molecule has 0 aliphatic rings. The van der Waals surface area contributed by atoms with Gasteiger partial charge in [0, 0.05) is 18.5 Å². The maximum absolute atomic E-state index is 9.61. The van der Waals surface area contributed by atoms with Crippen molar-refractivity contribution < 1.29 is 5.11 Å². The summed E-state index contributed by atoms with van der Waals surface area (Å²) in [4.78, 5) is 0. The number of phenolic OH excluding ortho intramolecular Hbond substituents is 1. The van der Waals surface area contributed by atoms with Crippen LogP contribution in [0.1, 0.15) is 23.9 Å². The Kier molecular flexibility index (Phi) is 3.93. The first kappa shape index (κ1) is 11.9. The topological polar surface area (TPSA) is 58.0 Å². The lowest BCUT2D eigenvalue weighted by Gasteiger charge is -2.04. The van der Waals surface area contributed by atoms with Crippen LogP contribution in [0.25, 0.3) is 0 Å². The van der Waals surface area contributed by atoms with Crippen LogP contribution in [0.2, 0.25) is 0 Å². The lowest BCUT2D eigenvalue weighted by atomic mass is 10.2. The molecule has 2 aromatic rings. The molecule has 0 radical (unpaired) electrons. The lowest BCUT2D eigenvalue weighted by Crippen LogP contribution is -1.98. The summed E-state index contributed by atoms with van der Waals surface area (Å²) in [5.41, 5.74) is 0.861. The molecule has 2 rings (SSSR count). The van der Waals surface area contributed by atoms with Crippen molar-refractivity contribution in [1.82, 2.24) is 10.2 Å². The number of phenols is 1. The maximum atomic E-state index is 9.61. The first-order valence-corrected chi connectivity index (χ1v) is 6.44. The minimum absolute atomic E-state index is 0.304. The highest BCUT2D eigenvalue weighted by atomic mass is 32.1. The van der Waals surface area contributed by atoms with Gasteiger partial charge in [0.2, 0.25) is 5.13 Å². The Morgan fingerprint density at radius 3 is 2.88 bits per heavy atom. The van der Waals surface area contributed by atoms with Gasteiger partial charge in [-0.05, 0) is 12.5 Å². The van der Waals surface area contributed by atoms with Crippen molar-refractivity contribution in [2.45, 2.75) is 26.3 Å². The van der Waals surface area contributed by atoms with Crippen LogP contribution in [0.5, 0.6) is 5.75 Å². The predicted octanol–water partition coefficient (Wildman–Crippen LogP) is 2.81. The quantitative estimate of drug-likeness (QED) is 0.855. The maximum Gasteiger partial charge on any atom is 0.205 e. The fourth-order valence-corrected chi connectivity index (χ4v) is 2.31. The van der Waals surface area contributed by atoms with Gasteiger partial charge in [0.05, 0.1) is 0 Å².